The Balaban J connectivity index is 1.83. The first-order valence-corrected chi connectivity index (χ1v) is 8.14. The summed E-state index contributed by atoms with van der Waals surface area (Å²) in [6.07, 6.45) is 1.53. The Hall–Kier alpha value is -2.90. The van der Waals surface area contributed by atoms with E-state index in [0.717, 1.165) is 11.8 Å². The van der Waals surface area contributed by atoms with Crippen LogP contribution in [-0.2, 0) is 11.4 Å². The third-order valence-electron chi connectivity index (χ3n) is 3.41. The molecule has 2 aromatic carbocycles. The van der Waals surface area contributed by atoms with Gasteiger partial charge in [-0.05, 0) is 47.7 Å². The van der Waals surface area contributed by atoms with E-state index in [4.69, 9.17) is 4.74 Å². The lowest BCUT2D eigenvalue weighted by molar-refractivity contribution is -0.115. The number of nitrogens with one attached hydrogen (secondary N) is 1. The predicted octanol–water partition coefficient (Wildman–Crippen LogP) is 2.72. The number of hydrogen-bond donors (Lipinski definition) is 2. The Morgan fingerprint density at radius 2 is 1.92 bits per heavy atom. The Bertz CT molecular complexity index is 876. The average Bonchev–Trinajstić information content (AvgIpc) is 2.94. The quantitative estimate of drug-likeness (QED) is 0.498. The molecule has 0 spiro atoms. The van der Waals surface area contributed by atoms with Crippen molar-refractivity contribution in [2.45, 2.75) is 6.61 Å². The molecule has 0 saturated carbocycles. The van der Waals surface area contributed by atoms with Crippen molar-refractivity contribution in [2.24, 2.45) is 0 Å². The van der Waals surface area contributed by atoms with Crippen molar-refractivity contribution in [3.05, 3.63) is 70.1 Å². The summed E-state index contributed by atoms with van der Waals surface area (Å²) in [5, 5.41) is 11.3. The summed E-state index contributed by atoms with van der Waals surface area (Å²) in [5.41, 5.74) is 1.40. The van der Waals surface area contributed by atoms with Crippen LogP contribution in [0.15, 0.2) is 53.4 Å². The van der Waals surface area contributed by atoms with Crippen molar-refractivity contribution in [3.63, 3.8) is 0 Å². The Kier molecular flexibility index (Phi) is 4.97. The standard InChI is InChI=1S/C18H13NO5S/c20-10-13-8-11(9-15-16(21)19-18(23)25-15)6-7-14(13)24-17(22)12-4-2-1-3-5-12/h1-9,20H,10H2,(H,19,21,23)/b15-9-. The van der Waals surface area contributed by atoms with Gasteiger partial charge in [-0.15, -0.1) is 0 Å². The molecular weight excluding hydrogens is 342 g/mol. The van der Waals surface area contributed by atoms with Gasteiger partial charge in [0.2, 0.25) is 0 Å². The molecule has 3 rings (SSSR count). The number of amides is 2. The first kappa shape index (κ1) is 16.9. The normalized spacial score (nSPS) is 15.3. The summed E-state index contributed by atoms with van der Waals surface area (Å²) in [6, 6.07) is 13.3. The second kappa shape index (κ2) is 7.33. The maximum absolute atomic E-state index is 12.1. The van der Waals surface area contributed by atoms with Gasteiger partial charge >= 0.3 is 5.97 Å². The van der Waals surface area contributed by atoms with Crippen LogP contribution >= 0.6 is 11.8 Å². The molecule has 1 aliphatic rings. The highest BCUT2D eigenvalue weighted by atomic mass is 32.2. The summed E-state index contributed by atoms with van der Waals surface area (Å²) in [7, 11) is 0. The SMILES string of the molecule is O=C1NC(=O)/C(=C/c2ccc(OC(=O)c3ccccc3)c(CO)c2)S1. The van der Waals surface area contributed by atoms with Crippen LogP contribution in [-0.4, -0.2) is 22.2 Å². The zero-order valence-electron chi connectivity index (χ0n) is 12.9. The van der Waals surface area contributed by atoms with E-state index in [1.165, 1.54) is 12.1 Å². The number of aliphatic hydroxyl groups excluding tert-OH is 1. The maximum atomic E-state index is 12.1. The zero-order valence-corrected chi connectivity index (χ0v) is 13.7. The van der Waals surface area contributed by atoms with Crippen molar-refractivity contribution in [1.82, 2.24) is 5.32 Å². The van der Waals surface area contributed by atoms with Crippen LogP contribution in [0.4, 0.5) is 4.79 Å². The molecule has 2 aromatic rings. The molecule has 1 saturated heterocycles. The molecule has 25 heavy (non-hydrogen) atoms. The highest BCUT2D eigenvalue weighted by Crippen LogP contribution is 2.28. The molecule has 7 heteroatoms. The van der Waals surface area contributed by atoms with Gasteiger partial charge in [0.05, 0.1) is 17.1 Å². The number of thioether (sulfide) groups is 1. The Morgan fingerprint density at radius 3 is 2.56 bits per heavy atom. The fourth-order valence-corrected chi connectivity index (χ4v) is 2.90. The molecule has 1 aliphatic heterocycles. The number of imide groups is 1. The minimum Gasteiger partial charge on any atom is -0.423 e. The molecule has 0 atom stereocenters. The van der Waals surface area contributed by atoms with E-state index in [1.807, 2.05) is 0 Å². The Morgan fingerprint density at radius 1 is 1.16 bits per heavy atom. The van der Waals surface area contributed by atoms with Gasteiger partial charge in [-0.25, -0.2) is 4.79 Å². The van der Waals surface area contributed by atoms with Crippen molar-refractivity contribution >= 4 is 35.0 Å². The highest BCUT2D eigenvalue weighted by Gasteiger charge is 2.25. The van der Waals surface area contributed by atoms with Gasteiger partial charge in [-0.2, -0.15) is 0 Å². The molecule has 2 amide bonds. The van der Waals surface area contributed by atoms with Crippen molar-refractivity contribution in [2.75, 3.05) is 0 Å². The van der Waals surface area contributed by atoms with Gasteiger partial charge in [-0.3, -0.25) is 14.9 Å². The fourth-order valence-electron chi connectivity index (χ4n) is 2.22. The smallest absolute Gasteiger partial charge is 0.343 e. The number of benzene rings is 2. The molecule has 0 unspecified atom stereocenters. The summed E-state index contributed by atoms with van der Waals surface area (Å²) < 4.78 is 5.33. The molecule has 0 radical (unpaired) electrons. The predicted molar refractivity (Wildman–Crippen MR) is 92.9 cm³/mol. The third-order valence-corrected chi connectivity index (χ3v) is 4.22. The maximum Gasteiger partial charge on any atom is 0.343 e. The van der Waals surface area contributed by atoms with Crippen LogP contribution in [0.1, 0.15) is 21.5 Å². The van der Waals surface area contributed by atoms with Crippen LogP contribution in [0.25, 0.3) is 6.08 Å². The number of hydrogen-bond acceptors (Lipinski definition) is 6. The molecular formula is C18H13NO5S. The molecule has 0 bridgehead atoms. The molecule has 0 aromatic heterocycles. The van der Waals surface area contributed by atoms with E-state index >= 15 is 0 Å². The molecule has 126 valence electrons. The third kappa shape index (κ3) is 3.96. The van der Waals surface area contributed by atoms with Crippen molar-refractivity contribution in [3.8, 4) is 5.75 Å². The van der Waals surface area contributed by atoms with E-state index in [0.29, 0.717) is 16.7 Å². The second-order valence-electron chi connectivity index (χ2n) is 5.13. The monoisotopic (exact) mass is 355 g/mol. The molecule has 2 N–H and O–H groups in total. The van der Waals surface area contributed by atoms with Crippen LogP contribution in [0.5, 0.6) is 5.75 Å². The number of ether oxygens (including phenoxy) is 1. The van der Waals surface area contributed by atoms with E-state index < -0.39 is 17.1 Å². The van der Waals surface area contributed by atoms with Gasteiger partial charge in [0.25, 0.3) is 11.1 Å². The molecule has 0 aliphatic carbocycles. The van der Waals surface area contributed by atoms with Crippen LogP contribution < -0.4 is 10.1 Å². The highest BCUT2D eigenvalue weighted by molar-refractivity contribution is 8.18. The topological polar surface area (TPSA) is 92.7 Å². The van der Waals surface area contributed by atoms with E-state index in [-0.39, 0.29) is 17.3 Å². The molecule has 6 nitrogen and oxygen atoms in total. The minimum atomic E-state index is -0.530. The second-order valence-corrected chi connectivity index (χ2v) is 6.15. The number of esters is 1. The summed E-state index contributed by atoms with van der Waals surface area (Å²) in [4.78, 5) is 35.1. The van der Waals surface area contributed by atoms with Gasteiger partial charge in [0, 0.05) is 5.56 Å². The molecule has 1 heterocycles. The number of aliphatic hydroxyl groups is 1. The van der Waals surface area contributed by atoms with E-state index in [2.05, 4.69) is 5.32 Å². The van der Waals surface area contributed by atoms with Gasteiger partial charge in [0.1, 0.15) is 5.75 Å². The lowest BCUT2D eigenvalue weighted by atomic mass is 10.1. The van der Waals surface area contributed by atoms with Crippen LogP contribution in [0.3, 0.4) is 0 Å². The van der Waals surface area contributed by atoms with Crippen LogP contribution in [0, 0.1) is 0 Å². The minimum absolute atomic E-state index is 0.234. The first-order chi connectivity index (χ1) is 12.1. The first-order valence-electron chi connectivity index (χ1n) is 7.32. The molecule has 1 fully saturated rings. The van der Waals surface area contributed by atoms with Crippen molar-refractivity contribution in [1.29, 1.82) is 0 Å². The zero-order chi connectivity index (χ0) is 17.8. The lowest BCUT2D eigenvalue weighted by Gasteiger charge is -2.09. The van der Waals surface area contributed by atoms with E-state index in [1.54, 1.807) is 42.5 Å². The number of carbonyl (C=O) groups excluding carboxylic acids is 3. The fraction of sp³-hybridized carbons (Fsp3) is 0.0556. The summed E-state index contributed by atoms with van der Waals surface area (Å²) in [5.74, 6) is -0.754. The average molecular weight is 355 g/mol. The van der Waals surface area contributed by atoms with Crippen LogP contribution in [0.2, 0.25) is 0 Å². The van der Waals surface area contributed by atoms with Gasteiger partial charge < -0.3 is 9.84 Å². The summed E-state index contributed by atoms with van der Waals surface area (Å²) in [6.45, 7) is -0.341. The van der Waals surface area contributed by atoms with Gasteiger partial charge in [0.15, 0.2) is 0 Å². The number of carbonyl (C=O) groups is 3. The summed E-state index contributed by atoms with van der Waals surface area (Å²) >= 11 is 0.808. The van der Waals surface area contributed by atoms with E-state index in [9.17, 15) is 19.5 Å². The lowest BCUT2D eigenvalue weighted by Crippen LogP contribution is -2.17. The Labute approximate surface area is 147 Å². The van der Waals surface area contributed by atoms with Gasteiger partial charge in [-0.1, -0.05) is 24.3 Å². The van der Waals surface area contributed by atoms with Crippen molar-refractivity contribution < 1.29 is 24.2 Å². The number of rotatable bonds is 4. The largest absolute Gasteiger partial charge is 0.423 e.